The van der Waals surface area contributed by atoms with Crippen LogP contribution in [0.5, 0.6) is 5.75 Å². The number of benzene rings is 1. The number of anilines is 1. The van der Waals surface area contributed by atoms with Crippen LogP contribution in [0.4, 0.5) is 5.69 Å². The number of amides is 2. The molecule has 0 atom stereocenters. The van der Waals surface area contributed by atoms with E-state index < -0.39 is 5.91 Å². The summed E-state index contributed by atoms with van der Waals surface area (Å²) in [6, 6.07) is 6.94. The zero-order valence-corrected chi connectivity index (χ0v) is 16.3. The molecule has 1 fully saturated rings. The van der Waals surface area contributed by atoms with Gasteiger partial charge in [0.25, 0.3) is 5.91 Å². The van der Waals surface area contributed by atoms with Gasteiger partial charge in [0.05, 0.1) is 0 Å². The third-order valence-electron chi connectivity index (χ3n) is 4.77. The van der Waals surface area contributed by atoms with Gasteiger partial charge in [-0.25, -0.2) is 4.31 Å². The van der Waals surface area contributed by atoms with Gasteiger partial charge in [-0.2, -0.15) is 0 Å². The molecule has 0 spiro atoms. The third kappa shape index (κ3) is 4.64. The van der Waals surface area contributed by atoms with Gasteiger partial charge < -0.3 is 20.7 Å². The lowest BCUT2D eigenvalue weighted by atomic mass is 9.97. The molecule has 2 heterocycles. The topological polar surface area (TPSA) is 101 Å². The van der Waals surface area contributed by atoms with Gasteiger partial charge in [-0.3, -0.25) is 9.59 Å². The predicted octanol–water partition coefficient (Wildman–Crippen LogP) is 2.50. The van der Waals surface area contributed by atoms with Gasteiger partial charge in [0.15, 0.2) is 0 Å². The second-order valence-corrected chi connectivity index (χ2v) is 7.99. The first-order chi connectivity index (χ1) is 12.8. The van der Waals surface area contributed by atoms with Crippen molar-refractivity contribution < 1.29 is 14.7 Å². The van der Waals surface area contributed by atoms with E-state index in [-0.39, 0.29) is 17.6 Å². The van der Waals surface area contributed by atoms with Crippen LogP contribution in [0.1, 0.15) is 28.9 Å². The number of primary amides is 1. The molecular formula is C19H24N4O3S. The third-order valence-corrected chi connectivity index (χ3v) is 5.83. The Hall–Kier alpha value is -2.45. The van der Waals surface area contributed by atoms with Gasteiger partial charge in [0, 0.05) is 48.9 Å². The number of piperidine rings is 1. The van der Waals surface area contributed by atoms with E-state index in [0.29, 0.717) is 11.4 Å². The molecule has 1 aliphatic rings. The summed E-state index contributed by atoms with van der Waals surface area (Å²) in [5.74, 6) is -0.333. The molecule has 2 aromatic rings. The summed E-state index contributed by atoms with van der Waals surface area (Å²) >= 11 is 1.58. The van der Waals surface area contributed by atoms with E-state index >= 15 is 0 Å². The normalized spacial score (nSPS) is 15.6. The van der Waals surface area contributed by atoms with Crippen LogP contribution in [-0.4, -0.2) is 38.9 Å². The van der Waals surface area contributed by atoms with E-state index in [1.54, 1.807) is 47.8 Å². The lowest BCUT2D eigenvalue weighted by molar-refractivity contribution is -0.120. The maximum atomic E-state index is 12.5. The number of carbonyl (C=O) groups is 2. The molecule has 1 aromatic carbocycles. The van der Waals surface area contributed by atoms with Crippen molar-refractivity contribution in [3.05, 3.63) is 41.7 Å². The number of aryl methyl sites for hydroxylation is 2. The first-order valence-corrected chi connectivity index (χ1v) is 9.60. The number of aromatic hydroxyl groups is 1. The highest BCUT2D eigenvalue weighted by Gasteiger charge is 2.26. The number of hydrogen-bond donors (Lipinski definition) is 3. The Morgan fingerprint density at radius 2 is 1.96 bits per heavy atom. The fraction of sp³-hybridized carbons (Fsp3) is 0.368. The average molecular weight is 388 g/mol. The molecule has 7 nitrogen and oxygen atoms in total. The number of nitrogens with zero attached hydrogens (tertiary/aromatic N) is 2. The van der Waals surface area contributed by atoms with Crippen molar-refractivity contribution in [1.82, 2.24) is 8.87 Å². The molecule has 144 valence electrons. The summed E-state index contributed by atoms with van der Waals surface area (Å²) in [6.07, 6.45) is 3.39. The molecule has 0 radical (unpaired) electrons. The highest BCUT2D eigenvalue weighted by Crippen LogP contribution is 2.30. The molecule has 0 saturated carbocycles. The van der Waals surface area contributed by atoms with Crippen molar-refractivity contribution in [1.29, 1.82) is 0 Å². The Labute approximate surface area is 162 Å². The number of rotatable bonds is 5. The first-order valence-electron chi connectivity index (χ1n) is 8.83. The molecule has 2 amide bonds. The summed E-state index contributed by atoms with van der Waals surface area (Å²) in [6.45, 7) is 3.37. The van der Waals surface area contributed by atoms with Crippen LogP contribution in [0, 0.1) is 12.8 Å². The Morgan fingerprint density at radius 1 is 1.26 bits per heavy atom. The lowest BCUT2D eigenvalue weighted by Crippen LogP contribution is -2.34. The fourth-order valence-electron chi connectivity index (χ4n) is 3.12. The van der Waals surface area contributed by atoms with Gasteiger partial charge in [-0.1, -0.05) is 6.07 Å². The summed E-state index contributed by atoms with van der Waals surface area (Å²) < 4.78 is 3.92. The number of phenolic OH excluding ortho intramolecular Hbond substituents is 1. The molecular weight excluding hydrogens is 364 g/mol. The highest BCUT2D eigenvalue weighted by molar-refractivity contribution is 7.97. The van der Waals surface area contributed by atoms with E-state index in [4.69, 9.17) is 5.73 Å². The van der Waals surface area contributed by atoms with Crippen molar-refractivity contribution in [3.8, 4) is 5.75 Å². The molecule has 27 heavy (non-hydrogen) atoms. The van der Waals surface area contributed by atoms with Gasteiger partial charge in [0.2, 0.25) is 5.91 Å². The second-order valence-electron chi connectivity index (χ2n) is 6.82. The molecule has 1 aromatic heterocycles. The highest BCUT2D eigenvalue weighted by atomic mass is 32.2. The van der Waals surface area contributed by atoms with Crippen molar-refractivity contribution in [2.24, 2.45) is 18.7 Å². The predicted molar refractivity (Wildman–Crippen MR) is 106 cm³/mol. The summed E-state index contributed by atoms with van der Waals surface area (Å²) in [5.41, 5.74) is 7.22. The zero-order chi connectivity index (χ0) is 19.6. The summed E-state index contributed by atoms with van der Waals surface area (Å²) in [4.78, 5) is 24.8. The van der Waals surface area contributed by atoms with E-state index in [0.717, 1.165) is 36.4 Å². The minimum Gasteiger partial charge on any atom is -0.508 e. The van der Waals surface area contributed by atoms with E-state index in [1.807, 2.05) is 13.1 Å². The van der Waals surface area contributed by atoms with Crippen LogP contribution in [0.25, 0.3) is 0 Å². The van der Waals surface area contributed by atoms with Crippen LogP contribution in [0.2, 0.25) is 0 Å². The zero-order valence-electron chi connectivity index (χ0n) is 15.4. The summed E-state index contributed by atoms with van der Waals surface area (Å²) in [7, 11) is 1.80. The average Bonchev–Trinajstić information content (AvgIpc) is 2.99. The molecule has 3 rings (SSSR count). The Balaban J connectivity index is 1.52. The van der Waals surface area contributed by atoms with E-state index in [1.165, 1.54) is 0 Å². The molecule has 0 bridgehead atoms. The Morgan fingerprint density at radius 3 is 2.56 bits per heavy atom. The largest absolute Gasteiger partial charge is 0.508 e. The number of carbonyl (C=O) groups excluding carboxylic acids is 2. The minimum atomic E-state index is -0.443. The lowest BCUT2D eigenvalue weighted by Gasteiger charge is -2.30. The second kappa shape index (κ2) is 8.06. The van der Waals surface area contributed by atoms with Crippen LogP contribution >= 0.6 is 11.9 Å². The van der Waals surface area contributed by atoms with Crippen LogP contribution in [-0.2, 0) is 11.8 Å². The standard InChI is InChI=1S/C19H24N4O3S/c1-12-3-4-14(9-17(12)24)21-19(26)13-5-7-23(8-6-13)27-15-10-16(18(20)25)22(2)11-15/h3-4,9-11,13,24H,5-8H2,1-2H3,(H2,20,25)(H,21,26). The van der Waals surface area contributed by atoms with Crippen molar-refractivity contribution in [2.45, 2.75) is 24.7 Å². The monoisotopic (exact) mass is 388 g/mol. The Kier molecular flexibility index (Phi) is 5.76. The van der Waals surface area contributed by atoms with Gasteiger partial charge in [0.1, 0.15) is 11.4 Å². The minimum absolute atomic E-state index is 0.0152. The number of nitrogens with two attached hydrogens (primary N) is 1. The van der Waals surface area contributed by atoms with Gasteiger partial charge >= 0.3 is 0 Å². The SMILES string of the molecule is Cc1ccc(NC(=O)C2CCN(Sc3cc(C(N)=O)n(C)c3)CC2)cc1O. The van der Waals surface area contributed by atoms with Crippen LogP contribution in [0.3, 0.4) is 0 Å². The van der Waals surface area contributed by atoms with Gasteiger partial charge in [-0.05, 0) is 49.4 Å². The van der Waals surface area contributed by atoms with Crippen molar-refractivity contribution in [3.63, 3.8) is 0 Å². The molecule has 1 saturated heterocycles. The molecule has 1 aliphatic heterocycles. The molecule has 0 aliphatic carbocycles. The van der Waals surface area contributed by atoms with Crippen LogP contribution in [0.15, 0.2) is 35.4 Å². The maximum Gasteiger partial charge on any atom is 0.265 e. The van der Waals surface area contributed by atoms with E-state index in [9.17, 15) is 14.7 Å². The van der Waals surface area contributed by atoms with Gasteiger partial charge in [-0.15, -0.1) is 0 Å². The number of nitrogens with one attached hydrogen (secondary N) is 1. The van der Waals surface area contributed by atoms with Crippen molar-refractivity contribution >= 4 is 29.4 Å². The quantitative estimate of drug-likeness (QED) is 0.683. The molecule has 0 unspecified atom stereocenters. The fourth-order valence-corrected chi connectivity index (χ4v) is 4.18. The Bertz CT molecular complexity index is 857. The smallest absolute Gasteiger partial charge is 0.265 e. The van der Waals surface area contributed by atoms with Crippen molar-refractivity contribution in [2.75, 3.05) is 18.4 Å². The first kappa shape index (κ1) is 19.3. The van der Waals surface area contributed by atoms with E-state index in [2.05, 4.69) is 9.62 Å². The maximum absolute atomic E-state index is 12.5. The molecule has 8 heteroatoms. The number of aromatic nitrogens is 1. The molecule has 4 N–H and O–H groups in total. The number of hydrogen-bond acceptors (Lipinski definition) is 5. The van der Waals surface area contributed by atoms with Crippen LogP contribution < -0.4 is 11.1 Å². The number of phenols is 1. The summed E-state index contributed by atoms with van der Waals surface area (Å²) in [5, 5.41) is 12.7.